The number of rotatable bonds is 5. The molecule has 3 aromatic rings. The number of pyridine rings is 1. The summed E-state index contributed by atoms with van der Waals surface area (Å²) in [7, 11) is 3.76. The van der Waals surface area contributed by atoms with Gasteiger partial charge < -0.3 is 15.2 Å². The Morgan fingerprint density at radius 1 is 1.15 bits per heavy atom. The Hall–Kier alpha value is -2.99. The van der Waals surface area contributed by atoms with E-state index in [-0.39, 0.29) is 17.4 Å². The van der Waals surface area contributed by atoms with Crippen molar-refractivity contribution < 1.29 is 9.18 Å². The van der Waals surface area contributed by atoms with Crippen LogP contribution in [0.1, 0.15) is 22.0 Å². The molecule has 1 aromatic heterocycles. The second kappa shape index (κ2) is 7.49. The quantitative estimate of drug-likeness (QED) is 0.741. The van der Waals surface area contributed by atoms with Crippen molar-refractivity contribution in [1.29, 1.82) is 0 Å². The fourth-order valence-corrected chi connectivity index (χ4v) is 2.88. The standard InChI is InChI=1S/C20H20FN3O2/c1-24(2)18(13-7-9-15(21)10-8-13)12-22-19(25)16-11-14-5-3-4-6-17(14)23-20(16)26/h3-11,18H,12H2,1-2H3,(H,22,25)(H,23,26). The topological polar surface area (TPSA) is 65.2 Å². The Morgan fingerprint density at radius 3 is 2.54 bits per heavy atom. The maximum atomic E-state index is 13.1. The number of amides is 1. The summed E-state index contributed by atoms with van der Waals surface area (Å²) in [5.74, 6) is -0.746. The van der Waals surface area contributed by atoms with E-state index in [1.54, 1.807) is 24.3 Å². The van der Waals surface area contributed by atoms with E-state index in [4.69, 9.17) is 0 Å². The summed E-state index contributed by atoms with van der Waals surface area (Å²) in [6.07, 6.45) is 0. The number of halogens is 1. The summed E-state index contributed by atoms with van der Waals surface area (Å²) in [5, 5.41) is 3.60. The van der Waals surface area contributed by atoms with Gasteiger partial charge in [-0.2, -0.15) is 0 Å². The highest BCUT2D eigenvalue weighted by Crippen LogP contribution is 2.18. The van der Waals surface area contributed by atoms with Gasteiger partial charge in [0, 0.05) is 12.1 Å². The van der Waals surface area contributed by atoms with Gasteiger partial charge in [-0.3, -0.25) is 9.59 Å². The van der Waals surface area contributed by atoms with E-state index in [1.165, 1.54) is 12.1 Å². The normalized spacial score (nSPS) is 12.3. The number of fused-ring (bicyclic) bond motifs is 1. The van der Waals surface area contributed by atoms with Crippen LogP contribution in [0, 0.1) is 5.82 Å². The summed E-state index contributed by atoms with van der Waals surface area (Å²) in [6, 6.07) is 14.9. The maximum absolute atomic E-state index is 13.1. The summed E-state index contributed by atoms with van der Waals surface area (Å²) >= 11 is 0. The Bertz CT molecular complexity index is 980. The Balaban J connectivity index is 1.79. The fraction of sp³-hybridized carbons (Fsp3) is 0.200. The van der Waals surface area contributed by atoms with Gasteiger partial charge in [-0.25, -0.2) is 4.39 Å². The van der Waals surface area contributed by atoms with E-state index in [9.17, 15) is 14.0 Å². The van der Waals surface area contributed by atoms with Crippen LogP contribution in [0.3, 0.4) is 0 Å². The second-order valence-electron chi connectivity index (χ2n) is 6.34. The van der Waals surface area contributed by atoms with E-state index < -0.39 is 11.5 Å². The summed E-state index contributed by atoms with van der Waals surface area (Å²) in [6.45, 7) is 0.295. The molecule has 3 rings (SSSR count). The lowest BCUT2D eigenvalue weighted by Crippen LogP contribution is -2.36. The smallest absolute Gasteiger partial charge is 0.261 e. The highest BCUT2D eigenvalue weighted by molar-refractivity contribution is 5.97. The molecule has 2 N–H and O–H groups in total. The van der Waals surface area contributed by atoms with Gasteiger partial charge >= 0.3 is 0 Å². The molecule has 26 heavy (non-hydrogen) atoms. The summed E-state index contributed by atoms with van der Waals surface area (Å²) < 4.78 is 13.1. The first kappa shape index (κ1) is 17.8. The van der Waals surface area contributed by atoms with Crippen molar-refractivity contribution in [2.45, 2.75) is 6.04 Å². The van der Waals surface area contributed by atoms with Crippen LogP contribution in [0.5, 0.6) is 0 Å². The van der Waals surface area contributed by atoms with Gasteiger partial charge in [0.25, 0.3) is 11.5 Å². The predicted molar refractivity (Wildman–Crippen MR) is 99.7 cm³/mol. The van der Waals surface area contributed by atoms with Crippen LogP contribution in [-0.2, 0) is 0 Å². The molecule has 1 unspecified atom stereocenters. The number of hydrogen-bond acceptors (Lipinski definition) is 3. The monoisotopic (exact) mass is 353 g/mol. The van der Waals surface area contributed by atoms with Crippen LogP contribution in [-0.4, -0.2) is 36.4 Å². The average Bonchev–Trinajstić information content (AvgIpc) is 2.62. The molecular weight excluding hydrogens is 333 g/mol. The van der Waals surface area contributed by atoms with Crippen molar-refractivity contribution >= 4 is 16.8 Å². The van der Waals surface area contributed by atoms with Gasteiger partial charge in [-0.05, 0) is 49.3 Å². The minimum absolute atomic E-state index is 0.0697. The minimum Gasteiger partial charge on any atom is -0.350 e. The van der Waals surface area contributed by atoms with Crippen LogP contribution in [0.15, 0.2) is 59.4 Å². The number of carbonyl (C=O) groups excluding carboxylic acids is 1. The SMILES string of the molecule is CN(C)C(CNC(=O)c1cc2ccccc2[nH]c1=O)c1ccc(F)cc1. The number of carbonyl (C=O) groups is 1. The van der Waals surface area contributed by atoms with Crippen molar-refractivity contribution in [1.82, 2.24) is 15.2 Å². The fourth-order valence-electron chi connectivity index (χ4n) is 2.88. The van der Waals surface area contributed by atoms with E-state index in [1.807, 2.05) is 37.2 Å². The molecule has 0 bridgehead atoms. The number of para-hydroxylation sites is 1. The first-order chi connectivity index (χ1) is 12.5. The van der Waals surface area contributed by atoms with Crippen LogP contribution in [0.25, 0.3) is 10.9 Å². The first-order valence-corrected chi connectivity index (χ1v) is 8.28. The van der Waals surface area contributed by atoms with E-state index in [2.05, 4.69) is 10.3 Å². The molecule has 2 aromatic carbocycles. The molecule has 0 radical (unpaired) electrons. The third kappa shape index (κ3) is 3.81. The average molecular weight is 353 g/mol. The van der Waals surface area contributed by atoms with Gasteiger partial charge in [0.1, 0.15) is 11.4 Å². The molecule has 0 spiro atoms. The number of aromatic amines is 1. The third-order valence-corrected chi connectivity index (χ3v) is 4.33. The zero-order chi connectivity index (χ0) is 18.7. The number of H-pyrrole nitrogens is 1. The zero-order valence-corrected chi connectivity index (χ0v) is 14.6. The summed E-state index contributed by atoms with van der Waals surface area (Å²) in [4.78, 5) is 29.4. The number of benzene rings is 2. The number of nitrogens with zero attached hydrogens (tertiary/aromatic N) is 1. The Kier molecular flexibility index (Phi) is 5.14. The van der Waals surface area contributed by atoms with Crippen molar-refractivity contribution in [2.75, 3.05) is 20.6 Å². The van der Waals surface area contributed by atoms with Gasteiger partial charge in [0.05, 0.1) is 6.04 Å². The van der Waals surface area contributed by atoms with Crippen LogP contribution in [0.4, 0.5) is 4.39 Å². The van der Waals surface area contributed by atoms with Crippen molar-refractivity contribution in [3.63, 3.8) is 0 Å². The molecule has 5 nitrogen and oxygen atoms in total. The van der Waals surface area contributed by atoms with Gasteiger partial charge in [0.15, 0.2) is 0 Å². The second-order valence-corrected chi connectivity index (χ2v) is 6.34. The minimum atomic E-state index is -0.439. The lowest BCUT2D eigenvalue weighted by atomic mass is 10.1. The molecular formula is C20H20FN3O2. The molecule has 134 valence electrons. The van der Waals surface area contributed by atoms with E-state index in [0.717, 1.165) is 10.9 Å². The first-order valence-electron chi connectivity index (χ1n) is 8.28. The van der Waals surface area contributed by atoms with Gasteiger partial charge in [0.2, 0.25) is 0 Å². The molecule has 1 amide bonds. The van der Waals surface area contributed by atoms with Crippen molar-refractivity contribution in [3.8, 4) is 0 Å². The summed E-state index contributed by atoms with van der Waals surface area (Å²) in [5.41, 5.74) is 1.21. The van der Waals surface area contributed by atoms with Crippen LogP contribution < -0.4 is 10.9 Å². The molecule has 0 aliphatic rings. The number of aromatic nitrogens is 1. The highest BCUT2D eigenvalue weighted by atomic mass is 19.1. The Morgan fingerprint density at radius 2 is 1.85 bits per heavy atom. The Labute approximate surface area is 150 Å². The van der Waals surface area contributed by atoms with E-state index in [0.29, 0.717) is 12.1 Å². The molecule has 0 aliphatic heterocycles. The van der Waals surface area contributed by atoms with Crippen LogP contribution >= 0.6 is 0 Å². The molecule has 1 heterocycles. The third-order valence-electron chi connectivity index (χ3n) is 4.33. The number of nitrogens with one attached hydrogen (secondary N) is 2. The molecule has 0 saturated heterocycles. The highest BCUT2D eigenvalue weighted by Gasteiger charge is 2.17. The van der Waals surface area contributed by atoms with Crippen molar-refractivity contribution in [3.05, 3.63) is 81.9 Å². The largest absolute Gasteiger partial charge is 0.350 e. The predicted octanol–water partition coefficient (Wildman–Crippen LogP) is 2.70. The molecule has 0 fully saturated rings. The maximum Gasteiger partial charge on any atom is 0.261 e. The molecule has 1 atom stereocenters. The molecule has 0 saturated carbocycles. The van der Waals surface area contributed by atoms with Gasteiger partial charge in [-0.1, -0.05) is 30.3 Å². The number of likely N-dealkylation sites (N-methyl/N-ethyl adjacent to an activating group) is 1. The molecule has 6 heteroatoms. The van der Waals surface area contributed by atoms with E-state index >= 15 is 0 Å². The lowest BCUT2D eigenvalue weighted by Gasteiger charge is -2.25. The molecule has 0 aliphatic carbocycles. The van der Waals surface area contributed by atoms with Gasteiger partial charge in [-0.15, -0.1) is 0 Å². The van der Waals surface area contributed by atoms with Crippen molar-refractivity contribution in [2.24, 2.45) is 0 Å². The van der Waals surface area contributed by atoms with Crippen LogP contribution in [0.2, 0.25) is 0 Å². The number of hydrogen-bond donors (Lipinski definition) is 2. The zero-order valence-electron chi connectivity index (χ0n) is 14.6. The lowest BCUT2D eigenvalue weighted by molar-refractivity contribution is 0.0940.